The fourth-order valence-electron chi connectivity index (χ4n) is 3.80. The first kappa shape index (κ1) is 20.7. The van der Waals surface area contributed by atoms with Crippen LogP contribution in [0.4, 0.5) is 0 Å². The van der Waals surface area contributed by atoms with Gasteiger partial charge in [-0.3, -0.25) is 4.79 Å². The van der Waals surface area contributed by atoms with Gasteiger partial charge < -0.3 is 14.3 Å². The van der Waals surface area contributed by atoms with Gasteiger partial charge >= 0.3 is 0 Å². The van der Waals surface area contributed by atoms with Crippen LogP contribution in [0.3, 0.4) is 0 Å². The number of hydrogen-bond donors (Lipinski definition) is 0. The van der Waals surface area contributed by atoms with Gasteiger partial charge in [-0.05, 0) is 39.4 Å². The topological polar surface area (TPSA) is 96.6 Å². The second kappa shape index (κ2) is 8.16. The molecule has 154 valence electrons. The van der Waals surface area contributed by atoms with Gasteiger partial charge in [0.05, 0.1) is 28.1 Å². The molecule has 1 unspecified atom stereocenters. The van der Waals surface area contributed by atoms with E-state index >= 15 is 0 Å². The van der Waals surface area contributed by atoms with Crippen LogP contribution in [0.15, 0.2) is 10.6 Å². The van der Waals surface area contributed by atoms with Crippen molar-refractivity contribution in [2.45, 2.75) is 40.2 Å². The molecule has 0 radical (unpaired) electrons. The normalized spacial score (nSPS) is 18.8. The first-order valence-corrected chi connectivity index (χ1v) is 11.5. The van der Waals surface area contributed by atoms with Crippen molar-refractivity contribution >= 4 is 26.8 Å². The smallest absolute Gasteiger partial charge is 0.258 e. The van der Waals surface area contributed by atoms with E-state index in [1.54, 1.807) is 24.8 Å². The quantitative estimate of drug-likeness (QED) is 0.689. The van der Waals surface area contributed by atoms with Crippen molar-refractivity contribution < 1.29 is 17.7 Å². The minimum atomic E-state index is -3.10. The van der Waals surface area contributed by atoms with Crippen LogP contribution in [0.2, 0.25) is 0 Å². The third-order valence-corrected chi connectivity index (χ3v) is 7.19. The lowest BCUT2D eigenvalue weighted by atomic mass is 10.1. The van der Waals surface area contributed by atoms with E-state index in [1.807, 2.05) is 0 Å². The summed E-state index contributed by atoms with van der Waals surface area (Å²) < 4.78 is 29.4. The molecule has 1 saturated heterocycles. The SMILES string of the molecule is CCN(CC)CCN(C(=O)c1cc(C)nc2onc(C)c12)C1CCS(=O)(=O)C1. The Kier molecular flexibility index (Phi) is 6.04. The summed E-state index contributed by atoms with van der Waals surface area (Å²) in [5.74, 6) is -0.0348. The summed E-state index contributed by atoms with van der Waals surface area (Å²) >= 11 is 0. The molecular formula is C19H28N4O4S. The van der Waals surface area contributed by atoms with Crippen molar-refractivity contribution in [3.63, 3.8) is 0 Å². The highest BCUT2D eigenvalue weighted by atomic mass is 32.2. The van der Waals surface area contributed by atoms with Gasteiger partial charge in [0.1, 0.15) is 0 Å². The van der Waals surface area contributed by atoms with Crippen LogP contribution in [0.5, 0.6) is 0 Å². The Morgan fingerprint density at radius 1 is 1.25 bits per heavy atom. The Morgan fingerprint density at radius 2 is 1.96 bits per heavy atom. The summed E-state index contributed by atoms with van der Waals surface area (Å²) in [6.45, 7) is 10.7. The van der Waals surface area contributed by atoms with E-state index in [0.717, 1.165) is 13.1 Å². The number of rotatable bonds is 7. The number of carbonyl (C=O) groups excluding carboxylic acids is 1. The van der Waals surface area contributed by atoms with Gasteiger partial charge in [0.15, 0.2) is 9.84 Å². The van der Waals surface area contributed by atoms with Crippen LogP contribution >= 0.6 is 0 Å². The van der Waals surface area contributed by atoms with Gasteiger partial charge in [-0.2, -0.15) is 0 Å². The van der Waals surface area contributed by atoms with E-state index in [9.17, 15) is 13.2 Å². The number of aromatic nitrogens is 2. The van der Waals surface area contributed by atoms with Crippen LogP contribution in [-0.2, 0) is 9.84 Å². The molecule has 8 nitrogen and oxygen atoms in total. The molecule has 2 aromatic heterocycles. The van der Waals surface area contributed by atoms with Gasteiger partial charge in [-0.25, -0.2) is 13.4 Å². The Bertz CT molecular complexity index is 966. The summed E-state index contributed by atoms with van der Waals surface area (Å²) in [4.78, 5) is 21.8. The largest absolute Gasteiger partial charge is 0.336 e. The lowest BCUT2D eigenvalue weighted by molar-refractivity contribution is 0.0676. The molecular weight excluding hydrogens is 380 g/mol. The number of hydrogen-bond acceptors (Lipinski definition) is 7. The molecule has 0 aromatic carbocycles. The van der Waals surface area contributed by atoms with Crippen molar-refractivity contribution in [3.05, 3.63) is 23.0 Å². The zero-order chi connectivity index (χ0) is 20.5. The lowest BCUT2D eigenvalue weighted by Crippen LogP contribution is -2.45. The monoisotopic (exact) mass is 408 g/mol. The molecule has 0 spiro atoms. The zero-order valence-corrected chi connectivity index (χ0v) is 17.8. The summed E-state index contributed by atoms with van der Waals surface area (Å²) in [5.41, 5.74) is 2.08. The third-order valence-electron chi connectivity index (χ3n) is 5.44. The van der Waals surface area contributed by atoms with Crippen LogP contribution in [-0.4, -0.2) is 78.0 Å². The van der Waals surface area contributed by atoms with E-state index in [4.69, 9.17) is 4.52 Å². The summed E-state index contributed by atoms with van der Waals surface area (Å²) in [5, 5.41) is 4.55. The Morgan fingerprint density at radius 3 is 2.57 bits per heavy atom. The number of sulfone groups is 1. The summed E-state index contributed by atoms with van der Waals surface area (Å²) in [6.07, 6.45) is 0.474. The van der Waals surface area contributed by atoms with Crippen molar-refractivity contribution in [2.24, 2.45) is 0 Å². The molecule has 1 aliphatic heterocycles. The van der Waals surface area contributed by atoms with Gasteiger partial charge in [0.25, 0.3) is 11.6 Å². The maximum Gasteiger partial charge on any atom is 0.258 e. The van der Waals surface area contributed by atoms with Gasteiger partial charge in [0, 0.05) is 24.8 Å². The second-order valence-corrected chi connectivity index (χ2v) is 9.57. The Hall–Kier alpha value is -2.00. The highest BCUT2D eigenvalue weighted by Gasteiger charge is 2.36. The van der Waals surface area contributed by atoms with Crippen LogP contribution in [0, 0.1) is 13.8 Å². The predicted octanol–water partition coefficient (Wildman–Crippen LogP) is 1.81. The second-order valence-electron chi connectivity index (χ2n) is 7.34. The zero-order valence-electron chi connectivity index (χ0n) is 16.9. The Labute approximate surface area is 165 Å². The Balaban J connectivity index is 1.97. The third kappa shape index (κ3) is 4.20. The molecule has 9 heteroatoms. The molecule has 28 heavy (non-hydrogen) atoms. The molecule has 0 saturated carbocycles. The molecule has 1 fully saturated rings. The maximum absolute atomic E-state index is 13.6. The fraction of sp³-hybridized carbons (Fsp3) is 0.632. The number of fused-ring (bicyclic) bond motifs is 1. The van der Waals surface area contributed by atoms with Crippen molar-refractivity contribution in [2.75, 3.05) is 37.7 Å². The number of pyridine rings is 1. The number of amides is 1. The standard InChI is InChI=1S/C19H28N4O4S/c1-5-22(6-2)8-9-23(15-7-10-28(25,26)12-15)19(24)16-11-13(3)20-18-17(16)14(4)21-27-18/h11,15H,5-10,12H2,1-4H3. The average molecular weight is 409 g/mol. The van der Waals surface area contributed by atoms with E-state index in [0.29, 0.717) is 47.6 Å². The fourth-order valence-corrected chi connectivity index (χ4v) is 5.53. The highest BCUT2D eigenvalue weighted by Crippen LogP contribution is 2.26. The highest BCUT2D eigenvalue weighted by molar-refractivity contribution is 7.91. The molecule has 0 aliphatic carbocycles. The first-order chi connectivity index (χ1) is 13.3. The molecule has 3 heterocycles. The number of nitrogens with zero attached hydrogens (tertiary/aromatic N) is 4. The lowest BCUT2D eigenvalue weighted by Gasteiger charge is -2.31. The molecule has 2 aromatic rings. The molecule has 1 aliphatic rings. The van der Waals surface area contributed by atoms with Crippen LogP contribution in [0.1, 0.15) is 42.0 Å². The van der Waals surface area contributed by atoms with Crippen LogP contribution in [0.25, 0.3) is 11.1 Å². The summed E-state index contributed by atoms with van der Waals surface area (Å²) in [6, 6.07) is 1.43. The number of carbonyl (C=O) groups is 1. The first-order valence-electron chi connectivity index (χ1n) is 9.73. The van der Waals surface area contributed by atoms with Crippen molar-refractivity contribution in [1.29, 1.82) is 0 Å². The van der Waals surface area contributed by atoms with E-state index < -0.39 is 9.84 Å². The van der Waals surface area contributed by atoms with E-state index in [-0.39, 0.29) is 23.5 Å². The molecule has 0 N–H and O–H groups in total. The van der Waals surface area contributed by atoms with Gasteiger partial charge in [0.2, 0.25) is 0 Å². The van der Waals surface area contributed by atoms with Crippen molar-refractivity contribution in [1.82, 2.24) is 19.9 Å². The summed E-state index contributed by atoms with van der Waals surface area (Å²) in [7, 11) is -3.10. The minimum absolute atomic E-state index is 0.0207. The molecule has 1 atom stereocenters. The van der Waals surface area contributed by atoms with Crippen LogP contribution < -0.4 is 0 Å². The molecule has 0 bridgehead atoms. The van der Waals surface area contributed by atoms with Crippen molar-refractivity contribution in [3.8, 4) is 0 Å². The molecule has 3 rings (SSSR count). The van der Waals surface area contributed by atoms with E-state index in [1.165, 1.54) is 0 Å². The number of likely N-dealkylation sites (N-methyl/N-ethyl adjacent to an activating group) is 1. The minimum Gasteiger partial charge on any atom is -0.336 e. The van der Waals surface area contributed by atoms with E-state index in [2.05, 4.69) is 28.9 Å². The molecule has 1 amide bonds. The van der Waals surface area contributed by atoms with Gasteiger partial charge in [-0.15, -0.1) is 0 Å². The maximum atomic E-state index is 13.6. The van der Waals surface area contributed by atoms with Gasteiger partial charge in [-0.1, -0.05) is 19.0 Å². The average Bonchev–Trinajstić information content (AvgIpc) is 3.20. The predicted molar refractivity (Wildman–Crippen MR) is 107 cm³/mol. The number of aryl methyl sites for hydroxylation is 2.